The SMILES string of the molecule is CCN1CCCC1Cn1cncc1[C@H](C)N. The van der Waals surface area contributed by atoms with Crippen molar-refractivity contribution in [1.82, 2.24) is 14.5 Å². The maximum absolute atomic E-state index is 5.93. The standard InChI is InChI=1S/C12H22N4/c1-3-15-6-4-5-11(15)8-16-9-14-7-12(16)10(2)13/h7,9-11H,3-6,8,13H2,1-2H3/t10-,11?/m0/s1. The van der Waals surface area contributed by atoms with E-state index in [1.165, 1.54) is 19.4 Å². The first-order valence-electron chi connectivity index (χ1n) is 6.22. The molecule has 2 N–H and O–H groups in total. The third-order valence-electron chi connectivity index (χ3n) is 3.52. The van der Waals surface area contributed by atoms with Gasteiger partial charge in [-0.25, -0.2) is 4.98 Å². The molecule has 1 unspecified atom stereocenters. The van der Waals surface area contributed by atoms with Crippen molar-refractivity contribution in [3.8, 4) is 0 Å². The molecule has 4 heteroatoms. The van der Waals surface area contributed by atoms with Gasteiger partial charge in [0.25, 0.3) is 0 Å². The second-order valence-electron chi connectivity index (χ2n) is 4.68. The van der Waals surface area contributed by atoms with Gasteiger partial charge in [-0.05, 0) is 32.9 Å². The Bertz CT molecular complexity index is 332. The maximum atomic E-state index is 5.93. The molecule has 2 rings (SSSR count). The highest BCUT2D eigenvalue weighted by molar-refractivity contribution is 5.03. The van der Waals surface area contributed by atoms with Crippen LogP contribution in [0.15, 0.2) is 12.5 Å². The molecule has 0 spiro atoms. The number of likely N-dealkylation sites (tertiary alicyclic amines) is 1. The zero-order valence-electron chi connectivity index (χ0n) is 10.3. The first-order chi connectivity index (χ1) is 7.72. The molecule has 1 aliphatic rings. The number of nitrogens with two attached hydrogens (primary N) is 1. The monoisotopic (exact) mass is 222 g/mol. The molecule has 2 heterocycles. The van der Waals surface area contributed by atoms with Crippen molar-refractivity contribution < 1.29 is 0 Å². The number of hydrogen-bond donors (Lipinski definition) is 1. The Hall–Kier alpha value is -0.870. The van der Waals surface area contributed by atoms with Gasteiger partial charge in [-0.2, -0.15) is 0 Å². The fraction of sp³-hybridized carbons (Fsp3) is 0.750. The van der Waals surface area contributed by atoms with Crippen LogP contribution in [0, 0.1) is 0 Å². The van der Waals surface area contributed by atoms with E-state index >= 15 is 0 Å². The topological polar surface area (TPSA) is 47.1 Å². The van der Waals surface area contributed by atoms with Crippen LogP contribution in [-0.2, 0) is 6.54 Å². The van der Waals surface area contributed by atoms with E-state index in [-0.39, 0.29) is 6.04 Å². The second kappa shape index (κ2) is 4.97. The molecule has 0 aliphatic carbocycles. The van der Waals surface area contributed by atoms with E-state index in [9.17, 15) is 0 Å². The van der Waals surface area contributed by atoms with Gasteiger partial charge < -0.3 is 10.3 Å². The lowest BCUT2D eigenvalue weighted by Gasteiger charge is -2.24. The lowest BCUT2D eigenvalue weighted by molar-refractivity contribution is 0.242. The first kappa shape index (κ1) is 11.6. The summed E-state index contributed by atoms with van der Waals surface area (Å²) in [6.45, 7) is 7.67. The number of likely N-dealkylation sites (N-methyl/N-ethyl adjacent to an activating group) is 1. The van der Waals surface area contributed by atoms with Crippen molar-refractivity contribution in [3.05, 3.63) is 18.2 Å². The normalized spacial score (nSPS) is 23.8. The van der Waals surface area contributed by atoms with Crippen LogP contribution in [0.4, 0.5) is 0 Å². The summed E-state index contributed by atoms with van der Waals surface area (Å²) < 4.78 is 2.21. The zero-order valence-corrected chi connectivity index (χ0v) is 10.3. The Balaban J connectivity index is 2.05. The van der Waals surface area contributed by atoms with Gasteiger partial charge in [0.2, 0.25) is 0 Å². The molecule has 1 aromatic heterocycles. The number of rotatable bonds is 4. The number of nitrogens with zero attached hydrogens (tertiary/aromatic N) is 3. The van der Waals surface area contributed by atoms with E-state index in [0.29, 0.717) is 6.04 Å². The molecule has 0 aromatic carbocycles. The van der Waals surface area contributed by atoms with E-state index in [4.69, 9.17) is 5.73 Å². The van der Waals surface area contributed by atoms with Crippen LogP contribution in [0.3, 0.4) is 0 Å². The summed E-state index contributed by atoms with van der Waals surface area (Å²) >= 11 is 0. The van der Waals surface area contributed by atoms with Gasteiger partial charge in [-0.15, -0.1) is 0 Å². The molecule has 0 saturated carbocycles. The smallest absolute Gasteiger partial charge is 0.0949 e. The van der Waals surface area contributed by atoms with Crippen molar-refractivity contribution in [2.75, 3.05) is 13.1 Å². The summed E-state index contributed by atoms with van der Waals surface area (Å²) in [5.74, 6) is 0. The van der Waals surface area contributed by atoms with E-state index in [0.717, 1.165) is 18.8 Å². The molecule has 90 valence electrons. The van der Waals surface area contributed by atoms with Crippen molar-refractivity contribution in [3.63, 3.8) is 0 Å². The Morgan fingerprint density at radius 1 is 1.62 bits per heavy atom. The molecule has 4 nitrogen and oxygen atoms in total. The van der Waals surface area contributed by atoms with Crippen LogP contribution in [0.2, 0.25) is 0 Å². The predicted molar refractivity (Wildman–Crippen MR) is 65.1 cm³/mol. The van der Waals surface area contributed by atoms with E-state index in [1.54, 1.807) is 0 Å². The molecular weight excluding hydrogens is 200 g/mol. The highest BCUT2D eigenvalue weighted by Gasteiger charge is 2.23. The number of aromatic nitrogens is 2. The highest BCUT2D eigenvalue weighted by atomic mass is 15.2. The van der Waals surface area contributed by atoms with Crippen molar-refractivity contribution >= 4 is 0 Å². The molecule has 0 bridgehead atoms. The Morgan fingerprint density at radius 3 is 3.12 bits per heavy atom. The summed E-state index contributed by atoms with van der Waals surface area (Å²) in [5.41, 5.74) is 7.07. The second-order valence-corrected chi connectivity index (χ2v) is 4.68. The van der Waals surface area contributed by atoms with Crippen molar-refractivity contribution in [2.24, 2.45) is 5.73 Å². The summed E-state index contributed by atoms with van der Waals surface area (Å²) in [4.78, 5) is 6.75. The fourth-order valence-electron chi connectivity index (χ4n) is 2.61. The van der Waals surface area contributed by atoms with Crippen LogP contribution >= 0.6 is 0 Å². The Kier molecular flexibility index (Phi) is 3.61. The molecule has 1 saturated heterocycles. The van der Waals surface area contributed by atoms with Gasteiger partial charge in [0.15, 0.2) is 0 Å². The largest absolute Gasteiger partial charge is 0.332 e. The number of hydrogen-bond acceptors (Lipinski definition) is 3. The lowest BCUT2D eigenvalue weighted by atomic mass is 10.2. The predicted octanol–water partition coefficient (Wildman–Crippen LogP) is 1.39. The van der Waals surface area contributed by atoms with Gasteiger partial charge in [0.1, 0.15) is 0 Å². The van der Waals surface area contributed by atoms with Crippen LogP contribution in [-0.4, -0.2) is 33.6 Å². The van der Waals surface area contributed by atoms with E-state index in [2.05, 4.69) is 21.4 Å². The van der Waals surface area contributed by atoms with Gasteiger partial charge in [-0.3, -0.25) is 4.90 Å². The van der Waals surface area contributed by atoms with Crippen LogP contribution in [0.5, 0.6) is 0 Å². The quantitative estimate of drug-likeness (QED) is 0.837. The van der Waals surface area contributed by atoms with Crippen molar-refractivity contribution in [2.45, 2.75) is 45.3 Å². The minimum atomic E-state index is 0.0685. The molecule has 0 amide bonds. The molecule has 16 heavy (non-hydrogen) atoms. The van der Waals surface area contributed by atoms with Crippen LogP contribution < -0.4 is 5.73 Å². The molecule has 1 fully saturated rings. The number of imidazole rings is 1. The molecular formula is C12H22N4. The summed E-state index contributed by atoms with van der Waals surface area (Å²) in [7, 11) is 0. The summed E-state index contributed by atoms with van der Waals surface area (Å²) in [6.07, 6.45) is 6.41. The van der Waals surface area contributed by atoms with Crippen molar-refractivity contribution in [1.29, 1.82) is 0 Å². The maximum Gasteiger partial charge on any atom is 0.0949 e. The average molecular weight is 222 g/mol. The molecule has 1 aliphatic heterocycles. The third-order valence-corrected chi connectivity index (χ3v) is 3.52. The molecule has 2 atom stereocenters. The minimum Gasteiger partial charge on any atom is -0.332 e. The Morgan fingerprint density at radius 2 is 2.44 bits per heavy atom. The van der Waals surface area contributed by atoms with Gasteiger partial charge in [0, 0.05) is 24.8 Å². The van der Waals surface area contributed by atoms with Gasteiger partial charge in [0.05, 0.1) is 12.0 Å². The zero-order chi connectivity index (χ0) is 11.5. The average Bonchev–Trinajstić information content (AvgIpc) is 2.86. The molecule has 1 aromatic rings. The third kappa shape index (κ3) is 2.28. The highest BCUT2D eigenvalue weighted by Crippen LogP contribution is 2.20. The Labute approximate surface area is 97.4 Å². The van der Waals surface area contributed by atoms with E-state index in [1.807, 2.05) is 19.4 Å². The van der Waals surface area contributed by atoms with Crippen LogP contribution in [0.1, 0.15) is 38.4 Å². The van der Waals surface area contributed by atoms with E-state index < -0.39 is 0 Å². The molecule has 0 radical (unpaired) electrons. The van der Waals surface area contributed by atoms with Gasteiger partial charge >= 0.3 is 0 Å². The lowest BCUT2D eigenvalue weighted by Crippen LogP contribution is -2.33. The first-order valence-corrected chi connectivity index (χ1v) is 6.22. The summed E-state index contributed by atoms with van der Waals surface area (Å²) in [6, 6.07) is 0.732. The van der Waals surface area contributed by atoms with Crippen LogP contribution in [0.25, 0.3) is 0 Å². The minimum absolute atomic E-state index is 0.0685. The van der Waals surface area contributed by atoms with Gasteiger partial charge in [-0.1, -0.05) is 6.92 Å². The summed E-state index contributed by atoms with van der Waals surface area (Å²) in [5, 5.41) is 0. The fourth-order valence-corrected chi connectivity index (χ4v) is 2.61.